The van der Waals surface area contributed by atoms with E-state index in [1.165, 1.54) is 11.8 Å². The Morgan fingerprint density at radius 2 is 2.33 bits per heavy atom. The van der Waals surface area contributed by atoms with Gasteiger partial charge >= 0.3 is 0 Å². The van der Waals surface area contributed by atoms with Crippen LogP contribution in [-0.4, -0.2) is 21.6 Å². The second kappa shape index (κ2) is 6.19. The fraction of sp³-hybridized carbons (Fsp3) is 0.273. The fourth-order valence-corrected chi connectivity index (χ4v) is 2.47. The molecule has 18 heavy (non-hydrogen) atoms. The third-order valence-electron chi connectivity index (χ3n) is 2.20. The molecule has 0 aliphatic carbocycles. The van der Waals surface area contributed by atoms with Gasteiger partial charge in [0.05, 0.1) is 5.69 Å². The highest BCUT2D eigenvalue weighted by Gasteiger charge is 2.15. The van der Waals surface area contributed by atoms with Gasteiger partial charge < -0.3 is 0 Å². The lowest BCUT2D eigenvalue weighted by Gasteiger charge is -2.04. The number of rotatable bonds is 3. The van der Waals surface area contributed by atoms with Crippen molar-refractivity contribution >= 4 is 45.8 Å². The first-order valence-electron chi connectivity index (χ1n) is 5.09. The maximum absolute atomic E-state index is 8.44. The van der Waals surface area contributed by atoms with Gasteiger partial charge in [0.1, 0.15) is 4.84 Å². The molecule has 92 valence electrons. The van der Waals surface area contributed by atoms with Crippen molar-refractivity contribution in [2.45, 2.75) is 11.3 Å². The first-order valence-corrected chi connectivity index (χ1v) is 6.95. The van der Waals surface area contributed by atoms with Crippen molar-refractivity contribution in [1.82, 2.24) is 4.98 Å². The molecule has 4 nitrogen and oxygen atoms in total. The third kappa shape index (κ3) is 3.45. The zero-order valence-electron chi connectivity index (χ0n) is 9.18. The molecule has 7 heteroatoms. The summed E-state index contributed by atoms with van der Waals surface area (Å²) >= 11 is 13.0. The average Bonchev–Trinajstić information content (AvgIpc) is 2.77. The summed E-state index contributed by atoms with van der Waals surface area (Å²) in [4.78, 5) is 11.6. The molecule has 0 amide bonds. The Labute approximate surface area is 119 Å². The highest BCUT2D eigenvalue weighted by molar-refractivity contribution is 8.14. The van der Waals surface area contributed by atoms with Gasteiger partial charge in [0, 0.05) is 23.6 Å². The van der Waals surface area contributed by atoms with Crippen molar-refractivity contribution < 1.29 is 0 Å². The van der Waals surface area contributed by atoms with Crippen molar-refractivity contribution in [3.63, 3.8) is 0 Å². The van der Waals surface area contributed by atoms with E-state index in [0.29, 0.717) is 17.3 Å². The van der Waals surface area contributed by atoms with Crippen LogP contribution in [0.1, 0.15) is 16.2 Å². The average molecular weight is 299 g/mol. The Kier molecular flexibility index (Phi) is 4.59. The van der Waals surface area contributed by atoms with E-state index in [1.54, 1.807) is 12.3 Å². The summed E-state index contributed by atoms with van der Waals surface area (Å²) in [6.45, 7) is 0. The van der Waals surface area contributed by atoms with Crippen LogP contribution >= 0.6 is 35.0 Å². The Morgan fingerprint density at radius 3 is 3.06 bits per heavy atom. The molecule has 2 heterocycles. The Balaban J connectivity index is 2.11. The Bertz CT molecular complexity index is 548. The predicted molar refractivity (Wildman–Crippen MR) is 75.3 cm³/mol. The number of aromatic nitrogens is 1. The number of hydrogen-bond donors (Lipinski definition) is 0. The van der Waals surface area contributed by atoms with E-state index in [-0.39, 0.29) is 0 Å². The van der Waals surface area contributed by atoms with Gasteiger partial charge in [-0.2, -0.15) is 5.26 Å². The smallest absolute Gasteiger partial charge is 0.208 e. The molecule has 0 radical (unpaired) electrons. The van der Waals surface area contributed by atoms with Crippen LogP contribution in [0.2, 0.25) is 0 Å². The third-order valence-corrected chi connectivity index (χ3v) is 3.57. The van der Waals surface area contributed by atoms with E-state index >= 15 is 0 Å². The Hall–Kier alpha value is -1.09. The van der Waals surface area contributed by atoms with Gasteiger partial charge in [0.15, 0.2) is 5.17 Å². The molecule has 1 aliphatic rings. The summed E-state index contributed by atoms with van der Waals surface area (Å²) in [5.41, 5.74) is 2.43. The topological polar surface area (TPSA) is 61.4 Å². The number of thioether (sulfide) groups is 1. The van der Waals surface area contributed by atoms with Crippen LogP contribution in [0.5, 0.6) is 0 Å². The van der Waals surface area contributed by atoms with Crippen LogP contribution in [0.25, 0.3) is 0 Å². The second-order valence-electron chi connectivity index (χ2n) is 3.49. The summed E-state index contributed by atoms with van der Waals surface area (Å²) in [6.07, 6.45) is 2.34. The van der Waals surface area contributed by atoms with E-state index in [0.717, 1.165) is 17.2 Å². The van der Waals surface area contributed by atoms with Crippen LogP contribution in [0.15, 0.2) is 28.2 Å². The minimum Gasteiger partial charge on any atom is -0.255 e. The van der Waals surface area contributed by atoms with E-state index in [2.05, 4.69) is 15.0 Å². The quantitative estimate of drug-likeness (QED) is 0.636. The summed E-state index contributed by atoms with van der Waals surface area (Å²) in [5.74, 6) is 0.734. The predicted octanol–water partition coefficient (Wildman–Crippen LogP) is 3.13. The lowest BCUT2D eigenvalue weighted by Crippen LogP contribution is -2.05. The molecule has 0 spiro atoms. The van der Waals surface area contributed by atoms with Crippen LogP contribution in [0, 0.1) is 11.5 Å². The Morgan fingerprint density at radius 1 is 1.50 bits per heavy atom. The van der Waals surface area contributed by atoms with Crippen LogP contribution in [0.3, 0.4) is 0 Å². The normalized spacial score (nSPS) is 17.0. The van der Waals surface area contributed by atoms with Gasteiger partial charge in [-0.1, -0.05) is 41.0 Å². The van der Waals surface area contributed by atoms with Gasteiger partial charge in [-0.15, -0.1) is 4.99 Å². The maximum Gasteiger partial charge on any atom is 0.208 e. The molecule has 0 fully saturated rings. The molecule has 0 aromatic carbocycles. The lowest BCUT2D eigenvalue weighted by molar-refractivity contribution is 1.05. The van der Waals surface area contributed by atoms with Crippen LogP contribution < -0.4 is 0 Å². The van der Waals surface area contributed by atoms with Crippen LogP contribution in [0.4, 0.5) is 0 Å². The molecule has 1 aromatic heterocycles. The highest BCUT2D eigenvalue weighted by atomic mass is 35.5. The summed E-state index contributed by atoms with van der Waals surface area (Å²) in [7, 11) is 0. The summed E-state index contributed by atoms with van der Waals surface area (Å²) in [6, 6.07) is 5.54. The minimum absolute atomic E-state index is 0.510. The van der Waals surface area contributed by atoms with Crippen LogP contribution in [-0.2, 0) is 6.42 Å². The molecule has 0 unspecified atom stereocenters. The molecule has 0 saturated carbocycles. The second-order valence-corrected chi connectivity index (χ2v) is 5.53. The van der Waals surface area contributed by atoms with E-state index in [9.17, 15) is 0 Å². The number of nitriles is 1. The van der Waals surface area contributed by atoms with Crippen molar-refractivity contribution in [1.29, 1.82) is 5.26 Å². The molecule has 2 rings (SSSR count). The van der Waals surface area contributed by atoms with Crippen molar-refractivity contribution in [3.8, 4) is 6.19 Å². The van der Waals surface area contributed by atoms with Gasteiger partial charge in [-0.3, -0.25) is 4.98 Å². The molecule has 0 N–H and O–H groups in total. The zero-order valence-corrected chi connectivity index (χ0v) is 11.5. The number of alkyl halides is 2. The van der Waals surface area contributed by atoms with Gasteiger partial charge in [0.2, 0.25) is 6.19 Å². The maximum atomic E-state index is 8.44. The van der Waals surface area contributed by atoms with Crippen molar-refractivity contribution in [2.24, 2.45) is 9.98 Å². The molecular weight excluding hydrogens is 291 g/mol. The van der Waals surface area contributed by atoms with E-state index in [1.807, 2.05) is 12.1 Å². The number of amidine groups is 1. The molecule has 0 saturated heterocycles. The molecule has 1 aromatic rings. The standard InChI is InChI=1S/C11H8Cl2N4S/c12-10(13)9-3-1-2-7(16-9)4-8-5-18-11(17-8)15-6-14/h1-3,10H,4-5H2. The zero-order chi connectivity index (χ0) is 13.0. The largest absolute Gasteiger partial charge is 0.255 e. The first-order chi connectivity index (χ1) is 8.69. The highest BCUT2D eigenvalue weighted by Crippen LogP contribution is 2.23. The number of nitrogens with zero attached hydrogens (tertiary/aromatic N) is 4. The van der Waals surface area contributed by atoms with E-state index < -0.39 is 4.84 Å². The monoisotopic (exact) mass is 298 g/mol. The van der Waals surface area contributed by atoms with E-state index in [4.69, 9.17) is 28.5 Å². The number of aliphatic imine (C=N–C) groups is 2. The number of hydrogen-bond acceptors (Lipinski definition) is 4. The summed E-state index contributed by atoms with van der Waals surface area (Å²) in [5, 5.41) is 8.95. The van der Waals surface area contributed by atoms with Crippen molar-refractivity contribution in [2.75, 3.05) is 5.75 Å². The fourth-order valence-electron chi connectivity index (χ4n) is 1.47. The molecule has 0 atom stereocenters. The summed E-state index contributed by atoms with van der Waals surface area (Å²) < 4.78 is 0. The minimum atomic E-state index is -0.624. The van der Waals surface area contributed by atoms with Gasteiger partial charge in [-0.25, -0.2) is 4.99 Å². The number of pyridine rings is 1. The number of halogens is 2. The lowest BCUT2D eigenvalue weighted by atomic mass is 10.2. The molecule has 0 bridgehead atoms. The molecular formula is C11H8Cl2N4S. The SMILES string of the molecule is N#CN=C1N=C(Cc2cccc(C(Cl)Cl)n2)CS1. The van der Waals surface area contributed by atoms with Gasteiger partial charge in [-0.05, 0) is 12.1 Å². The molecule has 1 aliphatic heterocycles. The van der Waals surface area contributed by atoms with Crippen molar-refractivity contribution in [3.05, 3.63) is 29.6 Å². The first kappa shape index (κ1) is 13.3. The van der Waals surface area contributed by atoms with Gasteiger partial charge in [0.25, 0.3) is 0 Å².